The van der Waals surface area contributed by atoms with E-state index in [2.05, 4.69) is 16.0 Å². The van der Waals surface area contributed by atoms with Crippen molar-refractivity contribution in [1.82, 2.24) is 16.0 Å². The summed E-state index contributed by atoms with van der Waals surface area (Å²) in [5.74, 6) is -0.462. The van der Waals surface area contributed by atoms with Gasteiger partial charge in [-0.25, -0.2) is 4.39 Å². The number of halogens is 2. The number of hydrogen-bond acceptors (Lipinski definition) is 7. The van der Waals surface area contributed by atoms with E-state index >= 15 is 0 Å². The van der Waals surface area contributed by atoms with Gasteiger partial charge < -0.3 is 25.2 Å². The highest BCUT2D eigenvalue weighted by Gasteiger charge is 2.55. The first-order valence-corrected chi connectivity index (χ1v) is 14.9. The van der Waals surface area contributed by atoms with Crippen molar-refractivity contribution in [2.24, 2.45) is 0 Å². The van der Waals surface area contributed by atoms with E-state index in [-0.39, 0.29) is 43.1 Å². The quantitative estimate of drug-likeness (QED) is 0.346. The van der Waals surface area contributed by atoms with Crippen molar-refractivity contribution in [3.05, 3.63) is 0 Å². The van der Waals surface area contributed by atoms with Gasteiger partial charge in [0.2, 0.25) is 11.8 Å². The van der Waals surface area contributed by atoms with Crippen LogP contribution in [0.1, 0.15) is 77.0 Å². The van der Waals surface area contributed by atoms with Gasteiger partial charge >= 0.3 is 0 Å². The Morgan fingerprint density at radius 3 is 2.47 bits per heavy atom. The minimum absolute atomic E-state index is 0.00740. The van der Waals surface area contributed by atoms with Gasteiger partial charge in [-0.3, -0.25) is 14.9 Å². The van der Waals surface area contributed by atoms with Crippen LogP contribution in [0.25, 0.3) is 0 Å². The number of fused-ring (bicyclic) bond motifs is 4. The number of carbonyl (C=O) groups excluding carboxylic acids is 2. The number of thioether (sulfide) groups is 1. The van der Waals surface area contributed by atoms with Crippen LogP contribution in [0.4, 0.5) is 4.39 Å². The molecule has 2 bridgehead atoms. The average molecular weight is 548 g/mol. The number of carbonyl (C=O) groups is 2. The van der Waals surface area contributed by atoms with Gasteiger partial charge in [-0.1, -0.05) is 12.8 Å². The summed E-state index contributed by atoms with van der Waals surface area (Å²) in [6.45, 7) is -0.167. The first-order chi connectivity index (χ1) is 17.3. The first kappa shape index (κ1) is 26.9. The van der Waals surface area contributed by atoms with Crippen LogP contribution in [0.2, 0.25) is 0 Å². The summed E-state index contributed by atoms with van der Waals surface area (Å²) in [5.41, 5.74) is -1.32. The predicted molar refractivity (Wildman–Crippen MR) is 135 cm³/mol. The summed E-state index contributed by atoms with van der Waals surface area (Å²) >= 11 is 7.71. The molecule has 1 aliphatic heterocycles. The van der Waals surface area contributed by atoms with E-state index in [1.807, 2.05) is 0 Å². The van der Waals surface area contributed by atoms with E-state index in [0.717, 1.165) is 0 Å². The number of hydrogen-bond donors (Lipinski definition) is 4. The Hall–Kier alpha value is -0.650. The molecule has 5 aliphatic carbocycles. The Kier molecular flexibility index (Phi) is 8.40. The summed E-state index contributed by atoms with van der Waals surface area (Å²) in [6.07, 6.45) is 6.98. The lowest BCUT2D eigenvalue weighted by Gasteiger charge is -2.56. The van der Waals surface area contributed by atoms with E-state index in [9.17, 15) is 19.1 Å². The lowest BCUT2D eigenvalue weighted by molar-refractivity contribution is -0.141. The molecular weight excluding hydrogens is 509 g/mol. The summed E-state index contributed by atoms with van der Waals surface area (Å²) in [5, 5.41) is 20.7. The molecule has 0 radical (unpaired) electrons. The van der Waals surface area contributed by atoms with Gasteiger partial charge in [-0.15, -0.1) is 23.4 Å². The number of alkyl halides is 2. The second-order valence-corrected chi connectivity index (χ2v) is 13.3. The molecule has 1 saturated heterocycles. The fourth-order valence-electron chi connectivity index (χ4n) is 6.76. The molecular formula is C25H39ClFN3O5S. The smallest absolute Gasteiger partial charge is 0.246 e. The van der Waals surface area contributed by atoms with Crippen LogP contribution >= 0.6 is 23.4 Å². The van der Waals surface area contributed by atoms with Gasteiger partial charge in [0.25, 0.3) is 0 Å². The van der Waals surface area contributed by atoms with Crippen molar-refractivity contribution in [2.45, 2.75) is 129 Å². The Labute approximate surface area is 221 Å². The molecule has 5 saturated carbocycles. The maximum Gasteiger partial charge on any atom is 0.246 e. The summed E-state index contributed by atoms with van der Waals surface area (Å²) in [6, 6.07) is 0.484. The van der Waals surface area contributed by atoms with E-state index in [0.29, 0.717) is 56.2 Å². The van der Waals surface area contributed by atoms with Crippen molar-refractivity contribution in [3.8, 4) is 0 Å². The van der Waals surface area contributed by atoms with Crippen LogP contribution in [-0.2, 0) is 19.1 Å². The number of amides is 2. The summed E-state index contributed by atoms with van der Waals surface area (Å²) in [4.78, 5) is 25.4. The predicted octanol–water partition coefficient (Wildman–Crippen LogP) is 2.50. The third kappa shape index (κ3) is 5.99. The third-order valence-electron chi connectivity index (χ3n) is 8.93. The second-order valence-electron chi connectivity index (χ2n) is 11.4. The van der Waals surface area contributed by atoms with Crippen LogP contribution in [0.3, 0.4) is 0 Å². The van der Waals surface area contributed by atoms with E-state index < -0.39 is 28.7 Å². The zero-order valence-electron chi connectivity index (χ0n) is 20.7. The Morgan fingerprint density at radius 1 is 1.03 bits per heavy atom. The topological polar surface area (TPSA) is 109 Å². The molecule has 4 N–H and O–H groups in total. The molecule has 7 atom stereocenters. The molecule has 0 aromatic carbocycles. The van der Waals surface area contributed by atoms with Gasteiger partial charge in [-0.2, -0.15) is 0 Å². The van der Waals surface area contributed by atoms with Crippen molar-refractivity contribution >= 4 is 35.2 Å². The van der Waals surface area contributed by atoms with Crippen LogP contribution in [0, 0.1) is 0 Å². The molecule has 0 spiro atoms. The molecule has 8 nitrogen and oxygen atoms in total. The van der Waals surface area contributed by atoms with Crippen molar-refractivity contribution in [2.75, 3.05) is 13.2 Å². The molecule has 1 heterocycles. The Morgan fingerprint density at radius 2 is 1.75 bits per heavy atom. The maximum atomic E-state index is 13.8. The number of rotatable bonds is 8. The second kappa shape index (κ2) is 11.2. The van der Waals surface area contributed by atoms with Crippen molar-refractivity contribution < 1.29 is 28.6 Å². The zero-order valence-corrected chi connectivity index (χ0v) is 22.3. The van der Waals surface area contributed by atoms with E-state index in [4.69, 9.17) is 21.1 Å². The van der Waals surface area contributed by atoms with Gasteiger partial charge in [0.1, 0.15) is 19.4 Å². The van der Waals surface area contributed by atoms with Crippen LogP contribution in [-0.4, -0.2) is 81.8 Å². The molecule has 36 heavy (non-hydrogen) atoms. The van der Waals surface area contributed by atoms with Crippen molar-refractivity contribution in [3.63, 3.8) is 0 Å². The van der Waals surface area contributed by atoms with Crippen molar-refractivity contribution in [1.29, 1.82) is 0 Å². The Balaban J connectivity index is 1.05. The van der Waals surface area contributed by atoms with Crippen LogP contribution < -0.4 is 16.0 Å². The normalized spacial score (nSPS) is 44.1. The zero-order chi connectivity index (χ0) is 25.3. The average Bonchev–Trinajstić information content (AvgIpc) is 3.28. The number of nitrogens with one attached hydrogen (secondary N) is 3. The Bertz CT molecular complexity index is 803. The monoisotopic (exact) mass is 547 g/mol. The number of aliphatic hydroxyl groups excluding tert-OH is 1. The van der Waals surface area contributed by atoms with Gasteiger partial charge in [0, 0.05) is 23.3 Å². The number of ether oxygens (including phenoxy) is 2. The maximum absolute atomic E-state index is 13.8. The standard InChI is InChI=1S/C25H39ClFN3O5S/c26-16-6-5-15(11-17(16)27)34-13-22(33)30-25-9-7-24(8-10-25,12-20(25)31)29-21(32)14-35-23-28-18-3-1-2-4-19(18)36-23/h15-20,23,28,31H,1-14H2,(H,29,32)(H,30,33)/t15?,16?,17?,18?,19?,20-,23?,24?,25?/m0/s1. The minimum atomic E-state index is -1.11. The fourth-order valence-corrected chi connectivity index (χ4v) is 8.41. The molecule has 6 rings (SSSR count). The highest BCUT2D eigenvalue weighted by molar-refractivity contribution is 8.00. The molecule has 6 aliphatic rings. The fraction of sp³-hybridized carbons (Fsp3) is 0.920. The molecule has 0 aromatic heterocycles. The summed E-state index contributed by atoms with van der Waals surface area (Å²) < 4.78 is 25.3. The molecule has 2 amide bonds. The highest BCUT2D eigenvalue weighted by Crippen LogP contribution is 2.47. The lowest BCUT2D eigenvalue weighted by atomic mass is 9.60. The molecule has 0 aromatic rings. The van der Waals surface area contributed by atoms with Gasteiger partial charge in [0.05, 0.1) is 23.1 Å². The molecule has 204 valence electrons. The molecule has 6 fully saturated rings. The SMILES string of the molecule is O=C(COC1NC2CCCCC2S1)NC12CCC(NC(=O)COC3CCC(Cl)C(F)C3)(CC1)[C@@H](O)C2. The molecule has 6 unspecified atom stereocenters. The van der Waals surface area contributed by atoms with E-state index in [1.165, 1.54) is 25.7 Å². The van der Waals surface area contributed by atoms with Gasteiger partial charge in [0.15, 0.2) is 5.56 Å². The first-order valence-electron chi connectivity index (χ1n) is 13.5. The minimum Gasteiger partial charge on any atom is -0.391 e. The van der Waals surface area contributed by atoms with Crippen LogP contribution in [0.15, 0.2) is 0 Å². The summed E-state index contributed by atoms with van der Waals surface area (Å²) in [7, 11) is 0. The molecule has 11 heteroatoms. The lowest BCUT2D eigenvalue weighted by Crippen LogP contribution is -2.70. The largest absolute Gasteiger partial charge is 0.391 e. The van der Waals surface area contributed by atoms with E-state index in [1.54, 1.807) is 11.8 Å². The van der Waals surface area contributed by atoms with Gasteiger partial charge in [-0.05, 0) is 57.8 Å². The highest BCUT2D eigenvalue weighted by atomic mass is 35.5. The van der Waals surface area contributed by atoms with Crippen LogP contribution in [0.5, 0.6) is 0 Å². The third-order valence-corrected chi connectivity index (χ3v) is 10.9. The number of aliphatic hydroxyl groups is 1.